The second-order valence-electron chi connectivity index (χ2n) is 3.65. The summed E-state index contributed by atoms with van der Waals surface area (Å²) >= 11 is 4.01. The van der Waals surface area contributed by atoms with E-state index in [2.05, 4.69) is 52.0 Å². The summed E-state index contributed by atoms with van der Waals surface area (Å²) in [4.78, 5) is 2.35. The van der Waals surface area contributed by atoms with Crippen LogP contribution in [-0.4, -0.2) is 40.5 Å². The van der Waals surface area contributed by atoms with Gasteiger partial charge in [-0.2, -0.15) is 5.10 Å². The first-order chi connectivity index (χ1) is 7.22. The van der Waals surface area contributed by atoms with Gasteiger partial charge in [-0.05, 0) is 53.6 Å². The monoisotopic (exact) mass is 335 g/mol. The van der Waals surface area contributed by atoms with E-state index in [4.69, 9.17) is 0 Å². The molecule has 0 aliphatic carbocycles. The number of hydrogen-bond donors (Lipinski definition) is 0. The van der Waals surface area contributed by atoms with Gasteiger partial charge in [0.25, 0.3) is 0 Å². The Morgan fingerprint density at radius 3 is 3.00 bits per heavy atom. The van der Waals surface area contributed by atoms with Gasteiger partial charge in [0.05, 0.1) is 15.5 Å². The normalized spacial score (nSPS) is 17.9. The number of hydrogen-bond acceptors (Lipinski definition) is 3. The molecule has 3 nitrogen and oxygen atoms in total. The maximum absolute atomic E-state index is 4.35. The molecule has 0 fully saturated rings. The standard InChI is InChI=1S/C10H14IN3S/c1-13-5-3-4-8(7-13)10-9(11)6-12-14(10)15-2/h4,6H,3,5,7H2,1-2H3. The highest BCUT2D eigenvalue weighted by atomic mass is 127. The zero-order valence-corrected chi connectivity index (χ0v) is 11.9. The molecule has 0 aromatic carbocycles. The van der Waals surface area contributed by atoms with E-state index >= 15 is 0 Å². The van der Waals surface area contributed by atoms with Crippen LogP contribution >= 0.6 is 34.5 Å². The number of aromatic nitrogens is 2. The molecule has 0 amide bonds. The quantitative estimate of drug-likeness (QED) is 0.774. The molecule has 2 rings (SSSR count). The molecule has 0 atom stereocenters. The van der Waals surface area contributed by atoms with Crippen LogP contribution in [0.5, 0.6) is 0 Å². The Hall–Kier alpha value is -0.0100. The molecule has 1 aliphatic heterocycles. The first kappa shape index (κ1) is 11.5. The lowest BCUT2D eigenvalue weighted by atomic mass is 10.1. The number of nitrogens with zero attached hydrogens (tertiary/aromatic N) is 3. The van der Waals surface area contributed by atoms with Gasteiger partial charge in [-0.15, -0.1) is 0 Å². The maximum atomic E-state index is 4.35. The Balaban J connectivity index is 2.35. The molecule has 0 radical (unpaired) electrons. The number of rotatable bonds is 2. The van der Waals surface area contributed by atoms with Crippen molar-refractivity contribution in [1.29, 1.82) is 0 Å². The van der Waals surface area contributed by atoms with Crippen molar-refractivity contribution in [2.24, 2.45) is 0 Å². The van der Waals surface area contributed by atoms with E-state index in [0.717, 1.165) is 19.5 Å². The van der Waals surface area contributed by atoms with Crippen LogP contribution in [0.15, 0.2) is 12.3 Å². The Morgan fingerprint density at radius 1 is 1.53 bits per heavy atom. The Morgan fingerprint density at radius 2 is 2.33 bits per heavy atom. The van der Waals surface area contributed by atoms with Crippen LogP contribution in [0.3, 0.4) is 0 Å². The molecule has 2 heterocycles. The summed E-state index contributed by atoms with van der Waals surface area (Å²) in [7, 11) is 2.17. The third-order valence-electron chi connectivity index (χ3n) is 2.51. The van der Waals surface area contributed by atoms with Crippen LogP contribution in [0.1, 0.15) is 12.1 Å². The molecule has 0 N–H and O–H groups in total. The Bertz CT molecular complexity index is 386. The van der Waals surface area contributed by atoms with Crippen molar-refractivity contribution in [1.82, 2.24) is 14.1 Å². The molecule has 1 aromatic heterocycles. The van der Waals surface area contributed by atoms with Crippen LogP contribution in [-0.2, 0) is 0 Å². The lowest BCUT2D eigenvalue weighted by Gasteiger charge is -2.23. The van der Waals surface area contributed by atoms with E-state index in [1.807, 2.05) is 10.3 Å². The van der Waals surface area contributed by atoms with Crippen LogP contribution in [0.4, 0.5) is 0 Å². The number of halogens is 1. The third-order valence-corrected chi connectivity index (χ3v) is 3.92. The largest absolute Gasteiger partial charge is 0.302 e. The minimum atomic E-state index is 1.03. The summed E-state index contributed by atoms with van der Waals surface area (Å²) in [5, 5.41) is 4.35. The van der Waals surface area contributed by atoms with E-state index in [-0.39, 0.29) is 0 Å². The van der Waals surface area contributed by atoms with Gasteiger partial charge in [0.1, 0.15) is 0 Å². The van der Waals surface area contributed by atoms with Gasteiger partial charge in [0.15, 0.2) is 0 Å². The van der Waals surface area contributed by atoms with E-state index < -0.39 is 0 Å². The SMILES string of the molecule is CSn1ncc(I)c1C1=CCCN(C)C1. The van der Waals surface area contributed by atoms with Crippen molar-refractivity contribution in [3.63, 3.8) is 0 Å². The van der Waals surface area contributed by atoms with Gasteiger partial charge in [-0.3, -0.25) is 0 Å². The second-order valence-corrected chi connectivity index (χ2v) is 5.53. The molecule has 0 bridgehead atoms. The van der Waals surface area contributed by atoms with Gasteiger partial charge in [-0.25, -0.2) is 4.09 Å². The van der Waals surface area contributed by atoms with Crippen molar-refractivity contribution < 1.29 is 0 Å². The van der Waals surface area contributed by atoms with Crippen molar-refractivity contribution in [3.8, 4) is 0 Å². The first-order valence-electron chi connectivity index (χ1n) is 4.88. The molecule has 0 unspecified atom stereocenters. The molecule has 0 saturated carbocycles. The second kappa shape index (κ2) is 4.88. The number of likely N-dealkylation sites (N-methyl/N-ethyl adjacent to an activating group) is 1. The third kappa shape index (κ3) is 2.39. The van der Waals surface area contributed by atoms with Crippen LogP contribution < -0.4 is 0 Å². The average Bonchev–Trinajstić information content (AvgIpc) is 2.59. The highest BCUT2D eigenvalue weighted by molar-refractivity contribution is 14.1. The van der Waals surface area contributed by atoms with E-state index in [0.29, 0.717) is 0 Å². The van der Waals surface area contributed by atoms with E-state index in [1.165, 1.54) is 14.8 Å². The smallest absolute Gasteiger partial charge is 0.0914 e. The summed E-state index contributed by atoms with van der Waals surface area (Å²) in [5.74, 6) is 0. The Labute approximate surface area is 108 Å². The lowest BCUT2D eigenvalue weighted by Crippen LogP contribution is -2.25. The zero-order valence-electron chi connectivity index (χ0n) is 8.90. The maximum Gasteiger partial charge on any atom is 0.0914 e. The summed E-state index contributed by atoms with van der Waals surface area (Å²) in [5.41, 5.74) is 2.68. The summed E-state index contributed by atoms with van der Waals surface area (Å²) < 4.78 is 3.25. The van der Waals surface area contributed by atoms with Gasteiger partial charge in [-0.1, -0.05) is 6.08 Å². The van der Waals surface area contributed by atoms with Gasteiger partial charge >= 0.3 is 0 Å². The Kier molecular flexibility index (Phi) is 3.73. The summed E-state index contributed by atoms with van der Waals surface area (Å²) in [6, 6.07) is 0. The molecule has 0 spiro atoms. The topological polar surface area (TPSA) is 21.1 Å². The van der Waals surface area contributed by atoms with Crippen molar-refractivity contribution in [2.75, 3.05) is 26.4 Å². The first-order valence-corrected chi connectivity index (χ1v) is 7.14. The van der Waals surface area contributed by atoms with Crippen molar-refractivity contribution >= 4 is 40.1 Å². The highest BCUT2D eigenvalue weighted by Gasteiger charge is 2.17. The van der Waals surface area contributed by atoms with Crippen LogP contribution in [0.2, 0.25) is 0 Å². The van der Waals surface area contributed by atoms with Crippen LogP contribution in [0, 0.1) is 3.57 Å². The van der Waals surface area contributed by atoms with Gasteiger partial charge in [0.2, 0.25) is 0 Å². The van der Waals surface area contributed by atoms with E-state index in [9.17, 15) is 0 Å². The van der Waals surface area contributed by atoms with Gasteiger partial charge < -0.3 is 4.90 Å². The predicted molar refractivity (Wildman–Crippen MR) is 73.9 cm³/mol. The minimum absolute atomic E-state index is 1.03. The summed E-state index contributed by atoms with van der Waals surface area (Å²) in [6.45, 7) is 2.19. The van der Waals surface area contributed by atoms with Crippen LogP contribution in [0.25, 0.3) is 5.57 Å². The zero-order chi connectivity index (χ0) is 10.8. The fourth-order valence-corrected chi connectivity index (χ4v) is 3.20. The average molecular weight is 335 g/mol. The molecular formula is C10H14IN3S. The lowest BCUT2D eigenvalue weighted by molar-refractivity contribution is 0.372. The predicted octanol–water partition coefficient (Wildman–Crippen LogP) is 2.33. The molecule has 82 valence electrons. The molecule has 1 aromatic rings. The molecule has 5 heteroatoms. The van der Waals surface area contributed by atoms with E-state index in [1.54, 1.807) is 11.9 Å². The molecule has 15 heavy (non-hydrogen) atoms. The van der Waals surface area contributed by atoms with Gasteiger partial charge in [0, 0.05) is 19.3 Å². The van der Waals surface area contributed by atoms with Crippen molar-refractivity contribution in [2.45, 2.75) is 6.42 Å². The van der Waals surface area contributed by atoms with Crippen molar-refractivity contribution in [3.05, 3.63) is 21.5 Å². The summed E-state index contributed by atoms with van der Waals surface area (Å²) in [6.07, 6.45) is 7.47. The fraction of sp³-hybridized carbons (Fsp3) is 0.500. The molecule has 0 saturated heterocycles. The fourth-order valence-electron chi connectivity index (χ4n) is 1.79. The minimum Gasteiger partial charge on any atom is -0.302 e. The molecule has 1 aliphatic rings. The molecular weight excluding hydrogens is 321 g/mol. The highest BCUT2D eigenvalue weighted by Crippen LogP contribution is 2.26.